The van der Waals surface area contributed by atoms with Crippen molar-refractivity contribution in [3.8, 4) is 5.75 Å². The minimum Gasteiger partial charge on any atom is -0.506 e. The van der Waals surface area contributed by atoms with E-state index in [2.05, 4.69) is 4.98 Å². The highest BCUT2D eigenvalue weighted by Gasteiger charge is 2.21. The fourth-order valence-corrected chi connectivity index (χ4v) is 0.951. The molecule has 1 heterocycles. The van der Waals surface area contributed by atoms with Crippen molar-refractivity contribution in [1.29, 1.82) is 0 Å². The number of carboxylic acids is 1. The minimum absolute atomic E-state index is 0.0229. The highest BCUT2D eigenvalue weighted by atomic mass is 19.3. The Morgan fingerprint density at radius 2 is 2.14 bits per heavy atom. The quantitative estimate of drug-likeness (QED) is 0.767. The summed E-state index contributed by atoms with van der Waals surface area (Å²) >= 11 is 0. The summed E-state index contributed by atoms with van der Waals surface area (Å²) in [5, 5.41) is 17.6. The first-order chi connectivity index (χ1) is 6.43. The summed E-state index contributed by atoms with van der Waals surface area (Å²) in [4.78, 5) is 13.8. The molecule has 0 aliphatic heterocycles. The van der Waals surface area contributed by atoms with E-state index in [4.69, 9.17) is 10.2 Å². The molecule has 0 amide bonds. The Kier molecular flexibility index (Phi) is 2.64. The Morgan fingerprint density at radius 3 is 2.57 bits per heavy atom. The average Bonchev–Trinajstić information content (AvgIpc) is 2.08. The van der Waals surface area contributed by atoms with E-state index in [1.165, 1.54) is 6.92 Å². The van der Waals surface area contributed by atoms with Crippen LogP contribution < -0.4 is 0 Å². The maximum Gasteiger partial charge on any atom is 0.337 e. The van der Waals surface area contributed by atoms with Gasteiger partial charge in [-0.25, -0.2) is 18.6 Å². The number of aryl methyl sites for hydroxylation is 1. The Balaban J connectivity index is 3.39. The van der Waals surface area contributed by atoms with Crippen LogP contribution in [0.4, 0.5) is 8.78 Å². The van der Waals surface area contributed by atoms with Crippen molar-refractivity contribution >= 4 is 5.97 Å². The molecule has 76 valence electrons. The van der Waals surface area contributed by atoms with E-state index < -0.39 is 29.4 Å². The zero-order chi connectivity index (χ0) is 10.9. The van der Waals surface area contributed by atoms with Crippen LogP contribution in [0.1, 0.15) is 28.2 Å². The summed E-state index contributed by atoms with van der Waals surface area (Å²) in [6.07, 6.45) is -2.97. The van der Waals surface area contributed by atoms with Crippen molar-refractivity contribution in [2.45, 2.75) is 13.3 Å². The number of alkyl halides is 2. The number of aromatic hydroxyl groups is 1. The first kappa shape index (κ1) is 10.4. The summed E-state index contributed by atoms with van der Waals surface area (Å²) in [6.45, 7) is 1.31. The zero-order valence-corrected chi connectivity index (χ0v) is 7.16. The van der Waals surface area contributed by atoms with Gasteiger partial charge in [0, 0.05) is 0 Å². The maximum atomic E-state index is 12.3. The summed E-state index contributed by atoms with van der Waals surface area (Å²) in [5.41, 5.74) is -1.53. The first-order valence-electron chi connectivity index (χ1n) is 3.65. The van der Waals surface area contributed by atoms with E-state index in [0.29, 0.717) is 0 Å². The van der Waals surface area contributed by atoms with Gasteiger partial charge in [0.25, 0.3) is 6.43 Å². The predicted molar refractivity (Wildman–Crippen MR) is 42.6 cm³/mol. The third-order valence-corrected chi connectivity index (χ3v) is 1.65. The van der Waals surface area contributed by atoms with Crippen molar-refractivity contribution in [3.05, 3.63) is 23.0 Å². The number of carboxylic acid groups (broad SMARTS) is 1. The molecule has 0 atom stereocenters. The molecule has 1 aromatic rings. The Hall–Kier alpha value is -1.72. The molecule has 6 heteroatoms. The second-order valence-corrected chi connectivity index (χ2v) is 2.63. The average molecular weight is 203 g/mol. The number of carbonyl (C=O) groups is 1. The van der Waals surface area contributed by atoms with Crippen molar-refractivity contribution in [1.82, 2.24) is 4.98 Å². The lowest BCUT2D eigenvalue weighted by atomic mass is 10.1. The second-order valence-electron chi connectivity index (χ2n) is 2.63. The number of aromatic carboxylic acids is 1. The lowest BCUT2D eigenvalue weighted by molar-refractivity contribution is 0.0681. The molecule has 0 bridgehead atoms. The van der Waals surface area contributed by atoms with Crippen LogP contribution in [-0.2, 0) is 0 Å². The number of pyridine rings is 1. The first-order valence-corrected chi connectivity index (χ1v) is 3.65. The van der Waals surface area contributed by atoms with Crippen molar-refractivity contribution < 1.29 is 23.8 Å². The van der Waals surface area contributed by atoms with Gasteiger partial charge in [0.1, 0.15) is 11.4 Å². The Morgan fingerprint density at radius 1 is 1.57 bits per heavy atom. The number of hydrogen-bond acceptors (Lipinski definition) is 3. The van der Waals surface area contributed by atoms with E-state index in [0.717, 1.165) is 6.07 Å². The van der Waals surface area contributed by atoms with Gasteiger partial charge in [0.15, 0.2) is 0 Å². The minimum atomic E-state index is -2.97. The molecule has 4 nitrogen and oxygen atoms in total. The van der Waals surface area contributed by atoms with Gasteiger partial charge in [0.2, 0.25) is 0 Å². The molecule has 0 aliphatic carbocycles. The monoisotopic (exact) mass is 203 g/mol. The van der Waals surface area contributed by atoms with Crippen molar-refractivity contribution in [3.63, 3.8) is 0 Å². The number of rotatable bonds is 2. The summed E-state index contributed by atoms with van der Waals surface area (Å²) in [5.74, 6) is -1.95. The standard InChI is InChI=1S/C8H7F2NO3/c1-3-5(12)2-4(8(13)14)6(11-3)7(9)10/h2,7,12H,1H3,(H,13,14). The van der Waals surface area contributed by atoms with Crippen LogP contribution in [0.25, 0.3) is 0 Å². The number of halogens is 2. The van der Waals surface area contributed by atoms with Gasteiger partial charge in [-0.05, 0) is 13.0 Å². The Bertz CT molecular complexity index is 379. The molecule has 0 radical (unpaired) electrons. The zero-order valence-electron chi connectivity index (χ0n) is 7.16. The molecule has 0 spiro atoms. The molecule has 1 rings (SSSR count). The van der Waals surface area contributed by atoms with Gasteiger partial charge in [-0.2, -0.15) is 0 Å². The molecule has 0 unspecified atom stereocenters. The highest BCUT2D eigenvalue weighted by molar-refractivity contribution is 5.89. The number of aromatic nitrogens is 1. The molecule has 0 saturated heterocycles. The largest absolute Gasteiger partial charge is 0.506 e. The summed E-state index contributed by atoms with van der Waals surface area (Å²) in [6, 6.07) is 0.770. The predicted octanol–water partition coefficient (Wildman–Crippen LogP) is 1.73. The molecule has 0 aliphatic rings. The van der Waals surface area contributed by atoms with Crippen LogP contribution in [0, 0.1) is 6.92 Å². The van der Waals surface area contributed by atoms with Crippen LogP contribution >= 0.6 is 0 Å². The van der Waals surface area contributed by atoms with Crippen molar-refractivity contribution in [2.24, 2.45) is 0 Å². The van der Waals surface area contributed by atoms with Crippen LogP contribution in [0.2, 0.25) is 0 Å². The molecule has 0 saturated carbocycles. The second kappa shape index (κ2) is 3.57. The molecule has 1 aromatic heterocycles. The van der Waals surface area contributed by atoms with Gasteiger partial charge >= 0.3 is 5.97 Å². The van der Waals surface area contributed by atoms with Gasteiger partial charge in [-0.3, -0.25) is 0 Å². The van der Waals surface area contributed by atoms with E-state index in [9.17, 15) is 13.6 Å². The maximum absolute atomic E-state index is 12.3. The van der Waals surface area contributed by atoms with E-state index in [1.54, 1.807) is 0 Å². The summed E-state index contributed by atoms with van der Waals surface area (Å²) < 4.78 is 24.6. The van der Waals surface area contributed by atoms with E-state index in [-0.39, 0.29) is 5.69 Å². The van der Waals surface area contributed by atoms with Crippen LogP contribution in [0.3, 0.4) is 0 Å². The smallest absolute Gasteiger partial charge is 0.337 e. The number of nitrogens with zero attached hydrogens (tertiary/aromatic N) is 1. The molecular formula is C8H7F2NO3. The third kappa shape index (κ3) is 1.78. The summed E-state index contributed by atoms with van der Waals surface area (Å²) in [7, 11) is 0. The lowest BCUT2D eigenvalue weighted by Gasteiger charge is -2.06. The molecule has 0 fully saturated rings. The Labute approximate surface area is 77.8 Å². The normalized spacial score (nSPS) is 10.6. The van der Waals surface area contributed by atoms with Crippen molar-refractivity contribution in [2.75, 3.05) is 0 Å². The van der Waals surface area contributed by atoms with Crippen LogP contribution in [0.5, 0.6) is 5.75 Å². The third-order valence-electron chi connectivity index (χ3n) is 1.65. The van der Waals surface area contributed by atoms with E-state index >= 15 is 0 Å². The fraction of sp³-hybridized carbons (Fsp3) is 0.250. The SMILES string of the molecule is Cc1nc(C(F)F)c(C(=O)O)cc1O. The van der Waals surface area contributed by atoms with Gasteiger partial charge in [-0.1, -0.05) is 0 Å². The van der Waals surface area contributed by atoms with Gasteiger partial charge in [-0.15, -0.1) is 0 Å². The number of hydrogen-bond donors (Lipinski definition) is 2. The topological polar surface area (TPSA) is 70.4 Å². The fourth-order valence-electron chi connectivity index (χ4n) is 0.951. The van der Waals surface area contributed by atoms with Crippen LogP contribution in [-0.4, -0.2) is 21.2 Å². The molecular weight excluding hydrogens is 196 g/mol. The lowest BCUT2D eigenvalue weighted by Crippen LogP contribution is -2.06. The highest BCUT2D eigenvalue weighted by Crippen LogP contribution is 2.25. The van der Waals surface area contributed by atoms with Gasteiger partial charge < -0.3 is 10.2 Å². The molecule has 0 aromatic carbocycles. The van der Waals surface area contributed by atoms with Crippen LogP contribution in [0.15, 0.2) is 6.07 Å². The van der Waals surface area contributed by atoms with E-state index in [1.807, 2.05) is 0 Å². The molecule has 2 N–H and O–H groups in total. The molecule has 14 heavy (non-hydrogen) atoms. The van der Waals surface area contributed by atoms with Gasteiger partial charge in [0.05, 0.1) is 11.3 Å².